The highest BCUT2D eigenvalue weighted by Crippen LogP contribution is 2.38. The number of halogens is 1. The maximum Gasteiger partial charge on any atom is 0.145 e. The summed E-state index contributed by atoms with van der Waals surface area (Å²) in [5.74, 6) is 1.44. The number of hydrogen-bond acceptors (Lipinski definition) is 4. The van der Waals surface area contributed by atoms with Gasteiger partial charge in [-0.2, -0.15) is 0 Å². The van der Waals surface area contributed by atoms with Gasteiger partial charge in [0, 0.05) is 25.2 Å². The van der Waals surface area contributed by atoms with E-state index in [0.717, 1.165) is 37.5 Å². The lowest BCUT2D eigenvalue weighted by Crippen LogP contribution is -2.35. The van der Waals surface area contributed by atoms with Gasteiger partial charge in [0.15, 0.2) is 0 Å². The monoisotopic (exact) mass is 284 g/mol. The maximum absolute atomic E-state index is 6.23. The third-order valence-corrected chi connectivity index (χ3v) is 3.68. The van der Waals surface area contributed by atoms with Gasteiger partial charge in [-0.05, 0) is 26.0 Å². The molecule has 1 aromatic rings. The molecule has 1 aliphatic heterocycles. The van der Waals surface area contributed by atoms with Crippen molar-refractivity contribution in [1.82, 2.24) is 5.32 Å². The fourth-order valence-corrected chi connectivity index (χ4v) is 2.65. The predicted octanol–water partition coefficient (Wildman–Crippen LogP) is 2.55. The van der Waals surface area contributed by atoms with Crippen LogP contribution >= 0.6 is 11.6 Å². The van der Waals surface area contributed by atoms with E-state index in [-0.39, 0.29) is 0 Å². The topological polar surface area (TPSA) is 33.7 Å². The van der Waals surface area contributed by atoms with Crippen LogP contribution in [0, 0.1) is 0 Å². The Labute approximate surface area is 119 Å². The molecule has 4 nitrogen and oxygen atoms in total. The normalized spacial score (nSPS) is 20.0. The number of rotatable bonds is 3. The lowest BCUT2D eigenvalue weighted by molar-refractivity contribution is 0.394. The van der Waals surface area contributed by atoms with Gasteiger partial charge in [0.2, 0.25) is 0 Å². The third-order valence-electron chi connectivity index (χ3n) is 3.39. The number of hydrogen-bond donors (Lipinski definition) is 1. The summed E-state index contributed by atoms with van der Waals surface area (Å²) in [6.07, 6.45) is 1.11. The van der Waals surface area contributed by atoms with Crippen molar-refractivity contribution in [3.8, 4) is 11.5 Å². The largest absolute Gasteiger partial charge is 0.495 e. The molecule has 0 bridgehead atoms. The van der Waals surface area contributed by atoms with Crippen LogP contribution in [0.5, 0.6) is 11.5 Å². The van der Waals surface area contributed by atoms with Crippen LogP contribution in [0.3, 0.4) is 0 Å². The minimum atomic E-state index is 0.452. The van der Waals surface area contributed by atoms with Crippen LogP contribution < -0.4 is 19.7 Å². The Morgan fingerprint density at radius 2 is 2.00 bits per heavy atom. The van der Waals surface area contributed by atoms with Crippen LogP contribution in [0.2, 0.25) is 5.02 Å². The van der Waals surface area contributed by atoms with E-state index in [1.807, 2.05) is 12.1 Å². The van der Waals surface area contributed by atoms with Crippen molar-refractivity contribution in [2.75, 3.05) is 38.8 Å². The van der Waals surface area contributed by atoms with Gasteiger partial charge >= 0.3 is 0 Å². The van der Waals surface area contributed by atoms with E-state index >= 15 is 0 Å². The molecule has 0 aromatic heterocycles. The molecule has 1 saturated heterocycles. The molecule has 19 heavy (non-hydrogen) atoms. The molecule has 1 unspecified atom stereocenters. The zero-order valence-electron chi connectivity index (χ0n) is 11.7. The van der Waals surface area contributed by atoms with E-state index in [0.29, 0.717) is 16.8 Å². The minimum absolute atomic E-state index is 0.452. The van der Waals surface area contributed by atoms with E-state index in [4.69, 9.17) is 21.1 Å². The van der Waals surface area contributed by atoms with Gasteiger partial charge in [-0.15, -0.1) is 0 Å². The summed E-state index contributed by atoms with van der Waals surface area (Å²) in [5, 5.41) is 4.09. The van der Waals surface area contributed by atoms with Crippen molar-refractivity contribution in [2.24, 2.45) is 0 Å². The first-order valence-electron chi connectivity index (χ1n) is 6.55. The van der Waals surface area contributed by atoms with E-state index in [2.05, 4.69) is 17.1 Å². The van der Waals surface area contributed by atoms with E-state index in [9.17, 15) is 0 Å². The quantitative estimate of drug-likeness (QED) is 0.925. The van der Waals surface area contributed by atoms with E-state index in [1.165, 1.54) is 0 Å². The molecule has 0 amide bonds. The molecule has 2 rings (SSSR count). The molecule has 1 fully saturated rings. The Kier molecular flexibility index (Phi) is 4.77. The molecule has 1 atom stereocenters. The van der Waals surface area contributed by atoms with Crippen LogP contribution in [0.15, 0.2) is 12.1 Å². The van der Waals surface area contributed by atoms with Crippen molar-refractivity contribution in [1.29, 1.82) is 0 Å². The molecule has 5 heteroatoms. The van der Waals surface area contributed by atoms with Crippen molar-refractivity contribution in [3.05, 3.63) is 17.2 Å². The summed E-state index contributed by atoms with van der Waals surface area (Å²) in [4.78, 5) is 2.31. The molecule has 1 heterocycles. The zero-order valence-corrected chi connectivity index (χ0v) is 12.5. The third kappa shape index (κ3) is 3.25. The first-order chi connectivity index (χ1) is 9.15. The fraction of sp³-hybridized carbons (Fsp3) is 0.571. The summed E-state index contributed by atoms with van der Waals surface area (Å²) in [6.45, 7) is 5.18. The first kappa shape index (κ1) is 14.3. The Morgan fingerprint density at radius 3 is 2.68 bits per heavy atom. The van der Waals surface area contributed by atoms with Gasteiger partial charge in [0.05, 0.1) is 24.9 Å². The van der Waals surface area contributed by atoms with Gasteiger partial charge in [-0.25, -0.2) is 0 Å². The van der Waals surface area contributed by atoms with Crippen LogP contribution in [0.1, 0.15) is 13.3 Å². The molecule has 1 N–H and O–H groups in total. The predicted molar refractivity (Wildman–Crippen MR) is 78.9 cm³/mol. The number of methoxy groups -OCH3 is 2. The van der Waals surface area contributed by atoms with E-state index < -0.39 is 0 Å². The maximum atomic E-state index is 6.23. The second-order valence-electron chi connectivity index (χ2n) is 4.81. The summed E-state index contributed by atoms with van der Waals surface area (Å²) >= 11 is 6.23. The fourth-order valence-electron chi connectivity index (χ4n) is 2.41. The second kappa shape index (κ2) is 6.35. The first-order valence-corrected chi connectivity index (χ1v) is 6.93. The average molecular weight is 285 g/mol. The smallest absolute Gasteiger partial charge is 0.145 e. The number of benzene rings is 1. The molecule has 0 aliphatic carbocycles. The molecule has 0 saturated carbocycles. The van der Waals surface area contributed by atoms with Gasteiger partial charge < -0.3 is 19.7 Å². The molecule has 0 radical (unpaired) electrons. The summed E-state index contributed by atoms with van der Waals surface area (Å²) in [5.41, 5.74) is 1.03. The van der Waals surface area contributed by atoms with Crippen molar-refractivity contribution >= 4 is 17.3 Å². The van der Waals surface area contributed by atoms with Crippen molar-refractivity contribution < 1.29 is 9.47 Å². The number of ether oxygens (including phenoxy) is 2. The van der Waals surface area contributed by atoms with Crippen LogP contribution in [-0.2, 0) is 0 Å². The lowest BCUT2D eigenvalue weighted by Gasteiger charge is -2.27. The molecular weight excluding hydrogens is 264 g/mol. The molecule has 0 spiro atoms. The Balaban J connectivity index is 2.34. The zero-order chi connectivity index (χ0) is 13.8. The van der Waals surface area contributed by atoms with E-state index in [1.54, 1.807) is 14.2 Å². The highest BCUT2D eigenvalue weighted by molar-refractivity contribution is 6.32. The SMILES string of the molecule is COc1cc(OC)c(N2CCCNC(C)C2)cc1Cl. The summed E-state index contributed by atoms with van der Waals surface area (Å²) in [7, 11) is 3.28. The standard InChI is InChI=1S/C14H21ClN2O2/c1-10-9-17(6-4-5-16-10)12-7-11(15)13(18-2)8-14(12)19-3/h7-8,10,16H,4-6,9H2,1-3H3. The Bertz CT molecular complexity index is 440. The van der Waals surface area contributed by atoms with Crippen molar-refractivity contribution in [3.63, 3.8) is 0 Å². The van der Waals surface area contributed by atoms with Gasteiger partial charge in [0.25, 0.3) is 0 Å². The number of nitrogens with zero attached hydrogens (tertiary/aromatic N) is 1. The van der Waals surface area contributed by atoms with Crippen LogP contribution in [0.4, 0.5) is 5.69 Å². The molecule has 1 aromatic carbocycles. The van der Waals surface area contributed by atoms with Crippen LogP contribution in [0.25, 0.3) is 0 Å². The summed E-state index contributed by atoms with van der Waals surface area (Å²) < 4.78 is 10.7. The number of nitrogens with one attached hydrogen (secondary N) is 1. The minimum Gasteiger partial charge on any atom is -0.495 e. The molecule has 106 valence electrons. The van der Waals surface area contributed by atoms with Gasteiger partial charge in [-0.3, -0.25) is 0 Å². The average Bonchev–Trinajstić information content (AvgIpc) is 2.63. The summed E-state index contributed by atoms with van der Waals surface area (Å²) in [6, 6.07) is 4.23. The highest BCUT2D eigenvalue weighted by atomic mass is 35.5. The van der Waals surface area contributed by atoms with Crippen LogP contribution in [-0.4, -0.2) is 39.9 Å². The molecular formula is C14H21ClN2O2. The lowest BCUT2D eigenvalue weighted by atomic mass is 10.2. The Hall–Kier alpha value is -1.13. The molecule has 1 aliphatic rings. The van der Waals surface area contributed by atoms with Crippen molar-refractivity contribution in [2.45, 2.75) is 19.4 Å². The second-order valence-corrected chi connectivity index (χ2v) is 5.22. The Morgan fingerprint density at radius 1 is 1.26 bits per heavy atom. The highest BCUT2D eigenvalue weighted by Gasteiger charge is 2.19. The van der Waals surface area contributed by atoms with Gasteiger partial charge in [0.1, 0.15) is 11.5 Å². The number of anilines is 1. The van der Waals surface area contributed by atoms with Gasteiger partial charge in [-0.1, -0.05) is 11.6 Å².